The zero-order valence-electron chi connectivity index (χ0n) is 15.8. The number of ether oxygens (including phenoxy) is 2. The van der Waals surface area contributed by atoms with Crippen LogP contribution in [0.5, 0.6) is 5.75 Å². The molecule has 1 saturated heterocycles. The number of benzene rings is 1. The number of nitrogens with zero attached hydrogens (tertiary/aromatic N) is 1. The summed E-state index contributed by atoms with van der Waals surface area (Å²) in [7, 11) is 1.52. The number of likely N-dealkylation sites (tertiary alicyclic amines) is 1. The molecule has 144 valence electrons. The number of carbonyl (C=O) groups is 2. The van der Waals surface area contributed by atoms with Gasteiger partial charge in [0, 0.05) is 25.2 Å². The minimum absolute atomic E-state index is 0.158. The van der Waals surface area contributed by atoms with Crippen molar-refractivity contribution in [1.29, 1.82) is 0 Å². The van der Waals surface area contributed by atoms with Gasteiger partial charge in [-0.1, -0.05) is 11.6 Å². The normalized spacial score (nSPS) is 15.5. The maximum absolute atomic E-state index is 12.3. The zero-order chi connectivity index (χ0) is 19.3. The summed E-state index contributed by atoms with van der Waals surface area (Å²) in [4.78, 5) is 26.1. The molecule has 7 heteroatoms. The fraction of sp³-hybridized carbons (Fsp3) is 0.579. The number of halogens is 1. The van der Waals surface area contributed by atoms with Crippen LogP contribution in [0.3, 0.4) is 0 Å². The summed E-state index contributed by atoms with van der Waals surface area (Å²) in [6, 6.07) is 4.95. The monoisotopic (exact) mass is 382 g/mol. The van der Waals surface area contributed by atoms with Crippen LogP contribution < -0.4 is 10.1 Å². The number of rotatable bonds is 4. The summed E-state index contributed by atoms with van der Waals surface area (Å²) >= 11 is 5.98. The largest absolute Gasteiger partial charge is 0.495 e. The highest BCUT2D eigenvalue weighted by atomic mass is 35.5. The molecule has 1 aliphatic rings. The Hall–Kier alpha value is -1.95. The Balaban J connectivity index is 1.79. The molecule has 0 aliphatic carbocycles. The molecule has 0 radical (unpaired) electrons. The highest BCUT2D eigenvalue weighted by molar-refractivity contribution is 6.32. The van der Waals surface area contributed by atoms with Gasteiger partial charge in [-0.2, -0.15) is 0 Å². The fourth-order valence-corrected chi connectivity index (χ4v) is 2.98. The third-order valence-electron chi connectivity index (χ3n) is 4.23. The molecular weight excluding hydrogens is 356 g/mol. The lowest BCUT2D eigenvalue weighted by atomic mass is 9.97. The van der Waals surface area contributed by atoms with Crippen molar-refractivity contribution in [3.63, 3.8) is 0 Å². The summed E-state index contributed by atoms with van der Waals surface area (Å²) in [5.41, 5.74) is 0.0269. The fourth-order valence-electron chi connectivity index (χ4n) is 2.79. The molecule has 0 aromatic heterocycles. The Morgan fingerprint density at radius 2 is 1.92 bits per heavy atom. The van der Waals surface area contributed by atoms with Crippen LogP contribution in [-0.4, -0.2) is 49.2 Å². The van der Waals surface area contributed by atoms with Gasteiger partial charge in [-0.05, 0) is 57.7 Å². The Labute approximate surface area is 159 Å². The van der Waals surface area contributed by atoms with Gasteiger partial charge in [0.2, 0.25) is 0 Å². The minimum atomic E-state index is -0.485. The molecule has 1 fully saturated rings. The van der Waals surface area contributed by atoms with E-state index in [1.165, 1.54) is 7.11 Å². The van der Waals surface area contributed by atoms with Crippen LogP contribution in [0.2, 0.25) is 5.02 Å². The lowest BCUT2D eigenvalue weighted by Crippen LogP contribution is -2.43. The zero-order valence-corrected chi connectivity index (χ0v) is 16.6. The molecule has 26 heavy (non-hydrogen) atoms. The second-order valence-corrected chi connectivity index (χ2v) is 7.88. The van der Waals surface area contributed by atoms with Crippen molar-refractivity contribution >= 4 is 23.6 Å². The van der Waals surface area contributed by atoms with E-state index in [9.17, 15) is 9.59 Å². The van der Waals surface area contributed by atoms with Crippen molar-refractivity contribution in [2.75, 3.05) is 26.7 Å². The lowest BCUT2D eigenvalue weighted by molar-refractivity contribution is 0.0183. The first-order chi connectivity index (χ1) is 12.2. The summed E-state index contributed by atoms with van der Waals surface area (Å²) < 4.78 is 10.5. The number of carbonyl (C=O) groups excluding carboxylic acids is 2. The number of nitrogens with one attached hydrogen (secondary N) is 1. The molecule has 1 aromatic rings. The molecule has 0 saturated carbocycles. The van der Waals surface area contributed by atoms with Crippen LogP contribution in [0, 0.1) is 5.92 Å². The summed E-state index contributed by atoms with van der Waals surface area (Å²) in [5.74, 6) is 0.659. The maximum Gasteiger partial charge on any atom is 0.410 e. The number of methoxy groups -OCH3 is 1. The average Bonchev–Trinajstić information content (AvgIpc) is 2.59. The molecule has 1 aliphatic heterocycles. The number of hydrogen-bond donors (Lipinski definition) is 1. The number of hydrogen-bond acceptors (Lipinski definition) is 4. The smallest absolute Gasteiger partial charge is 0.410 e. The first-order valence-electron chi connectivity index (χ1n) is 8.79. The summed E-state index contributed by atoms with van der Waals surface area (Å²) in [6.07, 6.45) is 1.40. The second kappa shape index (κ2) is 8.62. The molecule has 2 amide bonds. The number of piperidine rings is 1. The predicted octanol–water partition coefficient (Wildman–Crippen LogP) is 3.73. The molecule has 1 aromatic carbocycles. The molecular formula is C19H27ClN2O4. The highest BCUT2D eigenvalue weighted by Gasteiger charge is 2.27. The van der Waals surface area contributed by atoms with E-state index in [0.29, 0.717) is 41.9 Å². The first-order valence-corrected chi connectivity index (χ1v) is 9.17. The SMILES string of the molecule is COc1cc(C(=O)NCC2CCN(C(=O)OC(C)(C)C)CC2)ccc1Cl. The Morgan fingerprint density at radius 1 is 1.27 bits per heavy atom. The Morgan fingerprint density at radius 3 is 2.50 bits per heavy atom. The van der Waals surface area contributed by atoms with Crippen molar-refractivity contribution < 1.29 is 19.1 Å². The third-order valence-corrected chi connectivity index (χ3v) is 4.54. The van der Waals surface area contributed by atoms with Gasteiger partial charge in [0.15, 0.2) is 0 Å². The van der Waals surface area contributed by atoms with Crippen molar-refractivity contribution in [2.24, 2.45) is 5.92 Å². The van der Waals surface area contributed by atoms with Crippen LogP contribution in [0.1, 0.15) is 44.0 Å². The second-order valence-electron chi connectivity index (χ2n) is 7.47. The molecule has 0 unspecified atom stereocenters. The van der Waals surface area contributed by atoms with Crippen molar-refractivity contribution in [3.8, 4) is 5.75 Å². The standard InChI is InChI=1S/C19H27ClN2O4/c1-19(2,3)26-18(24)22-9-7-13(8-10-22)12-21-17(23)14-5-6-15(20)16(11-14)25-4/h5-6,11,13H,7-10,12H2,1-4H3,(H,21,23). The van der Waals surface area contributed by atoms with E-state index >= 15 is 0 Å². The molecule has 2 rings (SSSR count). The van der Waals surface area contributed by atoms with Crippen molar-refractivity contribution in [2.45, 2.75) is 39.2 Å². The van der Waals surface area contributed by atoms with Gasteiger partial charge in [-0.25, -0.2) is 4.79 Å². The Bertz CT molecular complexity index is 649. The van der Waals surface area contributed by atoms with Crippen LogP contribution in [0.25, 0.3) is 0 Å². The van der Waals surface area contributed by atoms with Gasteiger partial charge in [-0.3, -0.25) is 4.79 Å². The minimum Gasteiger partial charge on any atom is -0.495 e. The maximum atomic E-state index is 12.3. The molecule has 1 heterocycles. The van der Waals surface area contributed by atoms with Crippen LogP contribution in [0.15, 0.2) is 18.2 Å². The van der Waals surface area contributed by atoms with Gasteiger partial charge in [-0.15, -0.1) is 0 Å². The van der Waals surface area contributed by atoms with E-state index in [2.05, 4.69) is 5.32 Å². The van der Waals surface area contributed by atoms with E-state index in [1.807, 2.05) is 20.8 Å². The quantitative estimate of drug-likeness (QED) is 0.861. The van der Waals surface area contributed by atoms with Crippen molar-refractivity contribution in [1.82, 2.24) is 10.2 Å². The van der Waals surface area contributed by atoms with Gasteiger partial charge < -0.3 is 19.7 Å². The molecule has 0 atom stereocenters. The van der Waals surface area contributed by atoms with E-state index in [-0.39, 0.29) is 12.0 Å². The summed E-state index contributed by atoms with van der Waals surface area (Å²) in [6.45, 7) is 7.44. The van der Waals surface area contributed by atoms with E-state index < -0.39 is 5.60 Å². The third kappa shape index (κ3) is 5.80. The molecule has 6 nitrogen and oxygen atoms in total. The average molecular weight is 383 g/mol. The Kier molecular flexibility index (Phi) is 6.75. The lowest BCUT2D eigenvalue weighted by Gasteiger charge is -2.33. The topological polar surface area (TPSA) is 67.9 Å². The predicted molar refractivity (Wildman–Crippen MR) is 101 cm³/mol. The van der Waals surface area contributed by atoms with Crippen LogP contribution in [-0.2, 0) is 4.74 Å². The van der Waals surface area contributed by atoms with Crippen LogP contribution in [0.4, 0.5) is 4.79 Å². The van der Waals surface area contributed by atoms with E-state index in [0.717, 1.165) is 12.8 Å². The molecule has 1 N–H and O–H groups in total. The first kappa shape index (κ1) is 20.4. The number of amides is 2. The van der Waals surface area contributed by atoms with Gasteiger partial charge >= 0.3 is 6.09 Å². The molecule has 0 bridgehead atoms. The van der Waals surface area contributed by atoms with Crippen molar-refractivity contribution in [3.05, 3.63) is 28.8 Å². The highest BCUT2D eigenvalue weighted by Crippen LogP contribution is 2.25. The van der Waals surface area contributed by atoms with E-state index in [1.54, 1.807) is 23.1 Å². The van der Waals surface area contributed by atoms with Gasteiger partial charge in [0.25, 0.3) is 5.91 Å². The van der Waals surface area contributed by atoms with Crippen LogP contribution >= 0.6 is 11.6 Å². The van der Waals surface area contributed by atoms with Gasteiger partial charge in [0.05, 0.1) is 12.1 Å². The summed E-state index contributed by atoms with van der Waals surface area (Å²) in [5, 5.41) is 3.42. The van der Waals surface area contributed by atoms with Gasteiger partial charge in [0.1, 0.15) is 11.4 Å². The molecule has 0 spiro atoms. The van der Waals surface area contributed by atoms with E-state index in [4.69, 9.17) is 21.1 Å².